The number of carboxylic acid groups (broad SMARTS) is 1. The highest BCUT2D eigenvalue weighted by molar-refractivity contribution is 5.94. The lowest BCUT2D eigenvalue weighted by atomic mass is 9.96. The van der Waals surface area contributed by atoms with E-state index in [4.69, 9.17) is 0 Å². The normalized spacial score (nSPS) is 15.9. The first-order chi connectivity index (χ1) is 9.58. The van der Waals surface area contributed by atoms with Crippen molar-refractivity contribution in [3.8, 4) is 0 Å². The molecule has 1 aromatic rings. The number of amides is 1. The van der Waals surface area contributed by atoms with Crippen molar-refractivity contribution in [2.75, 3.05) is 24.5 Å². The highest BCUT2D eigenvalue weighted by Gasteiger charge is 2.22. The molecule has 6 heteroatoms. The molecular formula is C14H19N3O3. The molecule has 0 saturated carbocycles. The van der Waals surface area contributed by atoms with Gasteiger partial charge in [0.05, 0.1) is 17.4 Å². The van der Waals surface area contributed by atoms with Crippen molar-refractivity contribution in [2.24, 2.45) is 5.92 Å². The molecule has 2 N–H and O–H groups in total. The lowest BCUT2D eigenvalue weighted by molar-refractivity contribution is -0.119. The zero-order valence-electron chi connectivity index (χ0n) is 11.5. The minimum atomic E-state index is -0.928. The van der Waals surface area contributed by atoms with E-state index in [1.807, 2.05) is 0 Å². The molecular weight excluding hydrogens is 258 g/mol. The highest BCUT2D eigenvalue weighted by Crippen LogP contribution is 2.25. The Morgan fingerprint density at radius 3 is 2.75 bits per heavy atom. The third-order valence-corrected chi connectivity index (χ3v) is 3.63. The van der Waals surface area contributed by atoms with Crippen molar-refractivity contribution in [2.45, 2.75) is 19.8 Å². The van der Waals surface area contributed by atoms with E-state index in [1.165, 1.54) is 19.2 Å². The van der Waals surface area contributed by atoms with E-state index in [0.717, 1.165) is 25.9 Å². The number of carbonyl (C=O) groups excluding carboxylic acids is 1. The number of nitrogens with one attached hydrogen (secondary N) is 1. The third kappa shape index (κ3) is 3.46. The number of rotatable bonds is 4. The van der Waals surface area contributed by atoms with Gasteiger partial charge in [-0.15, -0.1) is 0 Å². The van der Waals surface area contributed by atoms with Gasteiger partial charge < -0.3 is 15.3 Å². The summed E-state index contributed by atoms with van der Waals surface area (Å²) in [6.45, 7) is 3.79. The molecule has 0 radical (unpaired) electrons. The van der Waals surface area contributed by atoms with Crippen LogP contribution in [0.4, 0.5) is 5.69 Å². The number of nitrogens with zero attached hydrogens (tertiary/aromatic N) is 2. The molecule has 0 bridgehead atoms. The number of pyridine rings is 1. The predicted molar refractivity (Wildman–Crippen MR) is 74.8 cm³/mol. The summed E-state index contributed by atoms with van der Waals surface area (Å²) in [5.41, 5.74) is 0.971. The number of carbonyl (C=O) groups is 2. The summed E-state index contributed by atoms with van der Waals surface area (Å²) in [5.74, 6) is -0.476. The highest BCUT2D eigenvalue weighted by atomic mass is 16.4. The smallest absolute Gasteiger partial charge is 0.337 e. The monoisotopic (exact) mass is 277 g/mol. The summed E-state index contributed by atoms with van der Waals surface area (Å²) in [7, 11) is 0. The van der Waals surface area contributed by atoms with Crippen LogP contribution in [-0.4, -0.2) is 41.6 Å². The largest absolute Gasteiger partial charge is 0.478 e. The second-order valence-electron chi connectivity index (χ2n) is 5.07. The molecule has 108 valence electrons. The fraction of sp³-hybridized carbons (Fsp3) is 0.500. The number of piperidine rings is 1. The summed E-state index contributed by atoms with van der Waals surface area (Å²) < 4.78 is 0. The van der Waals surface area contributed by atoms with Gasteiger partial charge >= 0.3 is 5.97 Å². The fourth-order valence-corrected chi connectivity index (χ4v) is 2.49. The predicted octanol–water partition coefficient (Wildman–Crippen LogP) is 1.13. The van der Waals surface area contributed by atoms with Gasteiger partial charge in [-0.1, -0.05) is 0 Å². The molecule has 1 amide bonds. The van der Waals surface area contributed by atoms with Crippen molar-refractivity contribution in [1.82, 2.24) is 10.3 Å². The van der Waals surface area contributed by atoms with Crippen LogP contribution < -0.4 is 10.2 Å². The van der Waals surface area contributed by atoms with Crippen LogP contribution in [0.15, 0.2) is 18.5 Å². The summed E-state index contributed by atoms with van der Waals surface area (Å²) in [6.07, 6.45) is 4.98. The second kappa shape index (κ2) is 6.36. The van der Waals surface area contributed by atoms with Crippen LogP contribution in [0.5, 0.6) is 0 Å². The molecule has 0 spiro atoms. The molecule has 0 unspecified atom stereocenters. The molecule has 1 saturated heterocycles. The standard InChI is InChI=1S/C14H19N3O3/c1-10(18)16-8-11-3-6-17(7-4-11)13-9-15-5-2-12(13)14(19)20/h2,5,9,11H,3-4,6-8H2,1H3,(H,16,18)(H,19,20). The molecule has 20 heavy (non-hydrogen) atoms. The fourth-order valence-electron chi connectivity index (χ4n) is 2.49. The third-order valence-electron chi connectivity index (χ3n) is 3.63. The summed E-state index contributed by atoms with van der Waals surface area (Å²) in [6, 6.07) is 1.53. The molecule has 0 aromatic carbocycles. The van der Waals surface area contributed by atoms with Crippen LogP contribution in [-0.2, 0) is 4.79 Å². The molecule has 2 heterocycles. The number of aromatic carboxylic acids is 1. The van der Waals surface area contributed by atoms with Gasteiger partial charge in [-0.3, -0.25) is 9.78 Å². The van der Waals surface area contributed by atoms with E-state index in [1.54, 1.807) is 6.20 Å². The van der Waals surface area contributed by atoms with Crippen LogP contribution in [0, 0.1) is 5.92 Å². The van der Waals surface area contributed by atoms with Gasteiger partial charge in [-0.05, 0) is 24.8 Å². The van der Waals surface area contributed by atoms with Crippen LogP contribution >= 0.6 is 0 Å². The Morgan fingerprint density at radius 1 is 1.45 bits per heavy atom. The molecule has 1 fully saturated rings. The molecule has 2 rings (SSSR count). The number of carboxylic acids is 1. The average molecular weight is 277 g/mol. The van der Waals surface area contributed by atoms with Crippen molar-refractivity contribution in [1.29, 1.82) is 0 Å². The van der Waals surface area contributed by atoms with Crippen molar-refractivity contribution < 1.29 is 14.7 Å². The van der Waals surface area contributed by atoms with E-state index in [-0.39, 0.29) is 5.91 Å². The topological polar surface area (TPSA) is 82.5 Å². The van der Waals surface area contributed by atoms with Crippen LogP contribution in [0.1, 0.15) is 30.1 Å². The zero-order chi connectivity index (χ0) is 14.5. The van der Waals surface area contributed by atoms with Crippen molar-refractivity contribution in [3.63, 3.8) is 0 Å². The Hall–Kier alpha value is -2.11. The first-order valence-corrected chi connectivity index (χ1v) is 6.74. The van der Waals surface area contributed by atoms with Crippen LogP contribution in [0.2, 0.25) is 0 Å². The van der Waals surface area contributed by atoms with Gasteiger partial charge in [0.15, 0.2) is 0 Å². The minimum Gasteiger partial charge on any atom is -0.478 e. The maximum Gasteiger partial charge on any atom is 0.337 e. The SMILES string of the molecule is CC(=O)NCC1CCN(c2cnccc2C(=O)O)CC1. The zero-order valence-corrected chi connectivity index (χ0v) is 11.5. The number of anilines is 1. The Labute approximate surface area is 117 Å². The maximum atomic E-state index is 11.2. The number of hydrogen-bond donors (Lipinski definition) is 2. The molecule has 6 nitrogen and oxygen atoms in total. The quantitative estimate of drug-likeness (QED) is 0.862. The Kier molecular flexibility index (Phi) is 4.55. The summed E-state index contributed by atoms with van der Waals surface area (Å²) in [5, 5.41) is 12.0. The van der Waals surface area contributed by atoms with E-state index in [0.29, 0.717) is 23.7 Å². The van der Waals surface area contributed by atoms with Gasteiger partial charge in [0.1, 0.15) is 0 Å². The minimum absolute atomic E-state index is 0.00662. The van der Waals surface area contributed by atoms with Gasteiger partial charge in [-0.2, -0.15) is 0 Å². The second-order valence-corrected chi connectivity index (χ2v) is 5.07. The van der Waals surface area contributed by atoms with E-state index in [2.05, 4.69) is 15.2 Å². The first-order valence-electron chi connectivity index (χ1n) is 6.74. The maximum absolute atomic E-state index is 11.2. The van der Waals surface area contributed by atoms with Gasteiger partial charge in [0.2, 0.25) is 5.91 Å². The lowest BCUT2D eigenvalue weighted by Crippen LogP contribution is -2.38. The van der Waals surface area contributed by atoms with Crippen molar-refractivity contribution >= 4 is 17.6 Å². The Morgan fingerprint density at radius 2 is 2.15 bits per heavy atom. The van der Waals surface area contributed by atoms with Gasteiger partial charge in [0.25, 0.3) is 0 Å². The molecule has 0 aliphatic carbocycles. The van der Waals surface area contributed by atoms with Gasteiger partial charge in [0, 0.05) is 32.8 Å². The molecule has 1 aliphatic rings. The average Bonchev–Trinajstić information content (AvgIpc) is 2.45. The summed E-state index contributed by atoms with van der Waals surface area (Å²) in [4.78, 5) is 28.2. The molecule has 1 aliphatic heterocycles. The van der Waals surface area contributed by atoms with Gasteiger partial charge in [-0.25, -0.2) is 4.79 Å². The van der Waals surface area contributed by atoms with Crippen molar-refractivity contribution in [3.05, 3.63) is 24.0 Å². The van der Waals surface area contributed by atoms with E-state index >= 15 is 0 Å². The summed E-state index contributed by atoms with van der Waals surface area (Å²) >= 11 is 0. The Balaban J connectivity index is 1.97. The number of hydrogen-bond acceptors (Lipinski definition) is 4. The lowest BCUT2D eigenvalue weighted by Gasteiger charge is -2.34. The van der Waals surface area contributed by atoms with Crippen LogP contribution in [0.25, 0.3) is 0 Å². The first kappa shape index (κ1) is 14.3. The van der Waals surface area contributed by atoms with E-state index < -0.39 is 5.97 Å². The number of aromatic nitrogens is 1. The molecule has 0 atom stereocenters. The van der Waals surface area contributed by atoms with Crippen LogP contribution in [0.3, 0.4) is 0 Å². The molecule has 1 aromatic heterocycles. The van der Waals surface area contributed by atoms with E-state index in [9.17, 15) is 14.7 Å². The Bertz CT molecular complexity index is 496.